The Morgan fingerprint density at radius 3 is 2.62 bits per heavy atom. The Bertz CT molecular complexity index is 1070. The molecule has 0 unspecified atom stereocenters. The molecular weight excluding hydrogens is 391 g/mol. The molecule has 29 heavy (non-hydrogen) atoms. The predicted octanol–water partition coefficient (Wildman–Crippen LogP) is 3.14. The van der Waals surface area contributed by atoms with Gasteiger partial charge in [-0.25, -0.2) is 13.2 Å². The first-order chi connectivity index (χ1) is 13.9. The second kappa shape index (κ2) is 8.46. The second-order valence-electron chi connectivity index (χ2n) is 5.73. The molecule has 150 valence electrons. The van der Waals surface area contributed by atoms with Gasteiger partial charge in [0.05, 0.1) is 24.9 Å². The van der Waals surface area contributed by atoms with Crippen molar-refractivity contribution in [1.82, 2.24) is 10.5 Å². The first kappa shape index (κ1) is 19.9. The molecule has 10 heteroatoms. The van der Waals surface area contributed by atoms with Crippen molar-refractivity contribution in [2.45, 2.75) is 0 Å². The van der Waals surface area contributed by atoms with Gasteiger partial charge in [-0.15, -0.1) is 0 Å². The lowest BCUT2D eigenvalue weighted by Gasteiger charge is -2.07. The fourth-order valence-electron chi connectivity index (χ4n) is 2.43. The van der Waals surface area contributed by atoms with Gasteiger partial charge in [-0.3, -0.25) is 9.59 Å². The molecule has 0 aliphatic heterocycles. The Morgan fingerprint density at radius 1 is 1.10 bits per heavy atom. The Balaban J connectivity index is 1.62. The highest BCUT2D eigenvalue weighted by Crippen LogP contribution is 2.29. The zero-order valence-corrected chi connectivity index (χ0v) is 15.0. The molecule has 2 amide bonds. The molecule has 0 spiro atoms. The zero-order valence-electron chi connectivity index (χ0n) is 15.0. The van der Waals surface area contributed by atoms with E-state index < -0.39 is 41.5 Å². The standard InChI is InChI=1S/C19H14F3N3O4/c1-28-14-5-3-2-4-10(14)15-8-13(25-29-15)19(27)23-9-16(26)24-12-7-6-11(20)17(21)18(12)22/h2-8H,9H2,1H3,(H,23,27)(H,24,26). The molecule has 1 aromatic heterocycles. The number of aromatic nitrogens is 1. The Labute approximate surface area is 162 Å². The monoisotopic (exact) mass is 405 g/mol. The molecule has 0 radical (unpaired) electrons. The molecule has 0 saturated heterocycles. The number of amides is 2. The number of anilines is 1. The summed E-state index contributed by atoms with van der Waals surface area (Å²) in [7, 11) is 1.48. The molecular formula is C19H14F3N3O4. The fourth-order valence-corrected chi connectivity index (χ4v) is 2.43. The maximum atomic E-state index is 13.6. The van der Waals surface area contributed by atoms with Crippen molar-refractivity contribution >= 4 is 17.5 Å². The maximum absolute atomic E-state index is 13.6. The van der Waals surface area contributed by atoms with E-state index in [0.29, 0.717) is 17.4 Å². The summed E-state index contributed by atoms with van der Waals surface area (Å²) >= 11 is 0. The molecule has 0 aliphatic rings. The van der Waals surface area contributed by atoms with E-state index in [4.69, 9.17) is 9.26 Å². The average molecular weight is 405 g/mol. The Kier molecular flexibility index (Phi) is 5.82. The SMILES string of the molecule is COc1ccccc1-c1cc(C(=O)NCC(=O)Nc2ccc(F)c(F)c2F)no1. The minimum atomic E-state index is -1.71. The summed E-state index contributed by atoms with van der Waals surface area (Å²) in [4.78, 5) is 24.0. The van der Waals surface area contributed by atoms with Crippen molar-refractivity contribution in [3.05, 3.63) is 65.6 Å². The van der Waals surface area contributed by atoms with Crippen molar-refractivity contribution in [1.29, 1.82) is 0 Å². The highest BCUT2D eigenvalue weighted by molar-refractivity contribution is 5.98. The molecule has 1 heterocycles. The smallest absolute Gasteiger partial charge is 0.273 e. The molecule has 2 N–H and O–H groups in total. The number of nitrogens with zero attached hydrogens (tertiary/aromatic N) is 1. The number of ether oxygens (including phenoxy) is 1. The third kappa shape index (κ3) is 4.37. The summed E-state index contributed by atoms with van der Waals surface area (Å²) in [5.41, 5.74) is -0.0751. The van der Waals surface area contributed by atoms with Crippen LogP contribution >= 0.6 is 0 Å². The van der Waals surface area contributed by atoms with Crippen LogP contribution < -0.4 is 15.4 Å². The molecule has 7 nitrogen and oxygen atoms in total. The van der Waals surface area contributed by atoms with Crippen LogP contribution in [-0.2, 0) is 4.79 Å². The summed E-state index contributed by atoms with van der Waals surface area (Å²) in [6, 6.07) is 9.83. The largest absolute Gasteiger partial charge is 0.496 e. The lowest BCUT2D eigenvalue weighted by molar-refractivity contribution is -0.115. The second-order valence-corrected chi connectivity index (χ2v) is 5.73. The number of rotatable bonds is 6. The number of hydrogen-bond donors (Lipinski definition) is 2. The van der Waals surface area contributed by atoms with Crippen molar-refractivity contribution < 1.29 is 32.0 Å². The van der Waals surface area contributed by atoms with Gasteiger partial charge in [-0.05, 0) is 24.3 Å². The third-order valence-corrected chi connectivity index (χ3v) is 3.83. The van der Waals surface area contributed by atoms with Crippen LogP contribution in [0.5, 0.6) is 5.75 Å². The molecule has 2 aromatic carbocycles. The normalized spacial score (nSPS) is 10.5. The van der Waals surface area contributed by atoms with E-state index >= 15 is 0 Å². The Hall–Kier alpha value is -3.82. The zero-order chi connectivity index (χ0) is 21.0. The van der Waals surface area contributed by atoms with Gasteiger partial charge >= 0.3 is 0 Å². The number of carbonyl (C=O) groups is 2. The van der Waals surface area contributed by atoms with Crippen molar-refractivity contribution in [2.24, 2.45) is 0 Å². The van der Waals surface area contributed by atoms with Gasteiger partial charge in [0, 0.05) is 6.07 Å². The summed E-state index contributed by atoms with van der Waals surface area (Å²) < 4.78 is 50.0. The molecule has 0 saturated carbocycles. The van der Waals surface area contributed by atoms with E-state index in [9.17, 15) is 22.8 Å². The van der Waals surface area contributed by atoms with E-state index in [1.165, 1.54) is 13.2 Å². The number of halogens is 3. The van der Waals surface area contributed by atoms with Gasteiger partial charge in [0.15, 0.2) is 28.9 Å². The number of methoxy groups -OCH3 is 1. The minimum Gasteiger partial charge on any atom is -0.496 e. The molecule has 3 rings (SSSR count). The first-order valence-electron chi connectivity index (χ1n) is 8.22. The van der Waals surface area contributed by atoms with Crippen LogP contribution in [0.4, 0.5) is 18.9 Å². The van der Waals surface area contributed by atoms with E-state index in [2.05, 4.69) is 10.5 Å². The lowest BCUT2D eigenvalue weighted by Crippen LogP contribution is -2.33. The van der Waals surface area contributed by atoms with Gasteiger partial charge in [0.1, 0.15) is 5.75 Å². The van der Waals surface area contributed by atoms with Crippen LogP contribution in [0, 0.1) is 17.5 Å². The summed E-state index contributed by atoms with van der Waals surface area (Å²) in [5.74, 6) is -5.41. The van der Waals surface area contributed by atoms with Crippen molar-refractivity contribution in [2.75, 3.05) is 19.0 Å². The van der Waals surface area contributed by atoms with Gasteiger partial charge in [0.25, 0.3) is 5.91 Å². The van der Waals surface area contributed by atoms with Crippen LogP contribution in [0.3, 0.4) is 0 Å². The van der Waals surface area contributed by atoms with Gasteiger partial charge < -0.3 is 19.9 Å². The first-order valence-corrected chi connectivity index (χ1v) is 8.22. The van der Waals surface area contributed by atoms with Crippen LogP contribution in [0.2, 0.25) is 0 Å². The third-order valence-electron chi connectivity index (χ3n) is 3.83. The number of nitrogens with one attached hydrogen (secondary N) is 2. The minimum absolute atomic E-state index is 0.0993. The Morgan fingerprint density at radius 2 is 1.86 bits per heavy atom. The summed E-state index contributed by atoms with van der Waals surface area (Å²) in [6.45, 7) is -0.561. The summed E-state index contributed by atoms with van der Waals surface area (Å²) in [5, 5.41) is 7.94. The van der Waals surface area contributed by atoms with Crippen molar-refractivity contribution in [3.63, 3.8) is 0 Å². The number of hydrogen-bond acceptors (Lipinski definition) is 5. The molecule has 0 bridgehead atoms. The van der Waals surface area contributed by atoms with Crippen LogP contribution in [0.15, 0.2) is 47.0 Å². The predicted molar refractivity (Wildman–Crippen MR) is 95.8 cm³/mol. The van der Waals surface area contributed by atoms with Gasteiger partial charge in [0.2, 0.25) is 5.91 Å². The van der Waals surface area contributed by atoms with E-state index in [-0.39, 0.29) is 11.5 Å². The highest BCUT2D eigenvalue weighted by atomic mass is 19.2. The van der Waals surface area contributed by atoms with E-state index in [1.54, 1.807) is 24.3 Å². The van der Waals surface area contributed by atoms with Crippen molar-refractivity contribution in [3.8, 4) is 17.1 Å². The fraction of sp³-hybridized carbons (Fsp3) is 0.105. The quantitative estimate of drug-likeness (QED) is 0.615. The van der Waals surface area contributed by atoms with Crippen LogP contribution in [0.25, 0.3) is 11.3 Å². The topological polar surface area (TPSA) is 93.5 Å². The number of benzene rings is 2. The van der Waals surface area contributed by atoms with E-state index in [0.717, 1.165) is 6.07 Å². The highest BCUT2D eigenvalue weighted by Gasteiger charge is 2.18. The molecule has 0 fully saturated rings. The van der Waals surface area contributed by atoms with Crippen LogP contribution in [0.1, 0.15) is 10.5 Å². The number of carbonyl (C=O) groups excluding carboxylic acids is 2. The number of para-hydroxylation sites is 1. The van der Waals surface area contributed by atoms with E-state index in [1.807, 2.05) is 5.32 Å². The van der Waals surface area contributed by atoms with Crippen LogP contribution in [-0.4, -0.2) is 30.6 Å². The molecule has 0 aliphatic carbocycles. The maximum Gasteiger partial charge on any atom is 0.273 e. The average Bonchev–Trinajstić information content (AvgIpc) is 3.22. The lowest BCUT2D eigenvalue weighted by atomic mass is 10.1. The van der Waals surface area contributed by atoms with Gasteiger partial charge in [-0.2, -0.15) is 0 Å². The molecule has 0 atom stereocenters. The van der Waals surface area contributed by atoms with Gasteiger partial charge in [-0.1, -0.05) is 17.3 Å². The summed E-state index contributed by atoms with van der Waals surface area (Å²) in [6.07, 6.45) is 0. The molecule has 3 aromatic rings.